The molecule has 2 saturated heterocycles. The van der Waals surface area contributed by atoms with Gasteiger partial charge in [0.2, 0.25) is 0 Å². The van der Waals surface area contributed by atoms with Crippen LogP contribution < -0.4 is 10.6 Å². The van der Waals surface area contributed by atoms with E-state index in [-0.39, 0.29) is 17.5 Å². The summed E-state index contributed by atoms with van der Waals surface area (Å²) in [4.78, 5) is 17.3. The van der Waals surface area contributed by atoms with Crippen LogP contribution in [0.3, 0.4) is 0 Å². The lowest BCUT2D eigenvalue weighted by molar-refractivity contribution is 0.0906. The molecular weight excluding hydrogens is 310 g/mol. The van der Waals surface area contributed by atoms with Crippen LogP contribution in [0.25, 0.3) is 0 Å². The molecule has 0 radical (unpaired) electrons. The van der Waals surface area contributed by atoms with E-state index in [2.05, 4.69) is 15.6 Å². The summed E-state index contributed by atoms with van der Waals surface area (Å²) in [5.74, 6) is 0.0175. The number of benzene rings is 1. The van der Waals surface area contributed by atoms with Gasteiger partial charge in [0.15, 0.2) is 0 Å². The van der Waals surface area contributed by atoms with Crippen molar-refractivity contribution in [3.63, 3.8) is 0 Å². The first-order valence-electron chi connectivity index (χ1n) is 9.14. The van der Waals surface area contributed by atoms with E-state index in [1.807, 2.05) is 56.6 Å². The fourth-order valence-corrected chi connectivity index (χ4v) is 4.67. The molecule has 0 saturated carbocycles. The number of aromatic nitrogens is 1. The molecule has 2 fully saturated rings. The summed E-state index contributed by atoms with van der Waals surface area (Å²) in [7, 11) is 0. The third-order valence-corrected chi connectivity index (χ3v) is 5.95. The van der Waals surface area contributed by atoms with Crippen molar-refractivity contribution in [3.8, 4) is 0 Å². The van der Waals surface area contributed by atoms with Gasteiger partial charge in [0.25, 0.3) is 5.91 Å². The van der Waals surface area contributed by atoms with Crippen molar-refractivity contribution >= 4 is 5.91 Å². The van der Waals surface area contributed by atoms with E-state index < -0.39 is 0 Å². The second-order valence-electron chi connectivity index (χ2n) is 7.53. The summed E-state index contributed by atoms with van der Waals surface area (Å²) < 4.78 is 0. The topological polar surface area (TPSA) is 54.0 Å². The number of nitrogens with one attached hydrogen (secondary N) is 2. The third kappa shape index (κ3) is 2.85. The fourth-order valence-electron chi connectivity index (χ4n) is 4.67. The molecule has 4 rings (SSSR count). The average Bonchev–Trinajstić information content (AvgIpc) is 3.22. The van der Waals surface area contributed by atoms with Gasteiger partial charge in [0.1, 0.15) is 0 Å². The number of nitrogens with zero attached hydrogens (tertiary/aromatic N) is 1. The molecule has 2 aliphatic rings. The van der Waals surface area contributed by atoms with Crippen molar-refractivity contribution in [2.24, 2.45) is 0 Å². The molecular formula is C21H25N3O. The SMILES string of the molecule is Cc1cccc(C)c1C(=O)N[C@H](c1ccncc1)C12CCC(CC1)N2. The molecule has 1 aromatic heterocycles. The number of hydrogen-bond acceptors (Lipinski definition) is 3. The van der Waals surface area contributed by atoms with E-state index in [9.17, 15) is 4.79 Å². The van der Waals surface area contributed by atoms with Crippen LogP contribution >= 0.6 is 0 Å². The molecule has 1 aromatic carbocycles. The Morgan fingerprint density at radius 2 is 1.80 bits per heavy atom. The Bertz CT molecular complexity index is 759. The number of hydrogen-bond donors (Lipinski definition) is 2. The van der Waals surface area contributed by atoms with Crippen molar-refractivity contribution in [2.45, 2.75) is 57.2 Å². The van der Waals surface area contributed by atoms with Gasteiger partial charge in [0, 0.05) is 29.5 Å². The van der Waals surface area contributed by atoms with E-state index >= 15 is 0 Å². The number of fused-ring (bicyclic) bond motifs is 2. The number of aryl methyl sites for hydroxylation is 2. The fraction of sp³-hybridized carbons (Fsp3) is 0.429. The van der Waals surface area contributed by atoms with Crippen LogP contribution in [0.2, 0.25) is 0 Å². The highest BCUT2D eigenvalue weighted by molar-refractivity contribution is 5.97. The zero-order valence-electron chi connectivity index (χ0n) is 14.9. The molecule has 25 heavy (non-hydrogen) atoms. The molecule has 0 aliphatic carbocycles. The van der Waals surface area contributed by atoms with Crippen LogP contribution in [-0.4, -0.2) is 22.5 Å². The average molecular weight is 335 g/mol. The second kappa shape index (κ2) is 6.26. The molecule has 3 heterocycles. The maximum atomic E-state index is 13.1. The predicted molar refractivity (Wildman–Crippen MR) is 98.5 cm³/mol. The zero-order chi connectivity index (χ0) is 17.4. The minimum Gasteiger partial charge on any atom is -0.343 e. The van der Waals surface area contributed by atoms with Crippen LogP contribution in [0.1, 0.15) is 58.8 Å². The highest BCUT2D eigenvalue weighted by atomic mass is 16.1. The van der Waals surface area contributed by atoms with E-state index in [1.165, 1.54) is 12.8 Å². The van der Waals surface area contributed by atoms with Crippen LogP contribution in [0.15, 0.2) is 42.7 Å². The highest BCUT2D eigenvalue weighted by Crippen LogP contribution is 2.45. The van der Waals surface area contributed by atoms with Gasteiger partial charge in [-0.25, -0.2) is 0 Å². The van der Waals surface area contributed by atoms with Gasteiger partial charge < -0.3 is 10.6 Å². The van der Waals surface area contributed by atoms with E-state index in [4.69, 9.17) is 0 Å². The van der Waals surface area contributed by atoms with Crippen molar-refractivity contribution in [1.82, 2.24) is 15.6 Å². The van der Waals surface area contributed by atoms with Crippen molar-refractivity contribution in [2.75, 3.05) is 0 Å². The monoisotopic (exact) mass is 335 g/mol. The molecule has 1 atom stereocenters. The Balaban J connectivity index is 1.69. The number of carbonyl (C=O) groups excluding carboxylic acids is 1. The Morgan fingerprint density at radius 1 is 1.16 bits per heavy atom. The van der Waals surface area contributed by atoms with E-state index in [1.54, 1.807) is 0 Å². The van der Waals surface area contributed by atoms with Gasteiger partial charge in [-0.15, -0.1) is 0 Å². The Hall–Kier alpha value is -2.20. The summed E-state index contributed by atoms with van der Waals surface area (Å²) in [6.45, 7) is 4.00. The smallest absolute Gasteiger partial charge is 0.252 e. The lowest BCUT2D eigenvalue weighted by Crippen LogP contribution is -2.50. The van der Waals surface area contributed by atoms with Crippen LogP contribution in [0.5, 0.6) is 0 Å². The predicted octanol–water partition coefficient (Wildman–Crippen LogP) is 3.45. The molecule has 2 N–H and O–H groups in total. The van der Waals surface area contributed by atoms with Gasteiger partial charge >= 0.3 is 0 Å². The number of rotatable bonds is 4. The Kier molecular flexibility index (Phi) is 4.08. The van der Waals surface area contributed by atoms with Crippen LogP contribution in [-0.2, 0) is 0 Å². The van der Waals surface area contributed by atoms with Crippen molar-refractivity contribution < 1.29 is 4.79 Å². The number of pyridine rings is 1. The van der Waals surface area contributed by atoms with Crippen molar-refractivity contribution in [1.29, 1.82) is 0 Å². The van der Waals surface area contributed by atoms with Gasteiger partial charge in [-0.3, -0.25) is 9.78 Å². The van der Waals surface area contributed by atoms with Gasteiger partial charge in [0.05, 0.1) is 6.04 Å². The normalized spacial score (nSPS) is 25.8. The molecule has 4 heteroatoms. The largest absolute Gasteiger partial charge is 0.343 e. The Labute approximate surface area is 149 Å². The molecule has 4 nitrogen and oxygen atoms in total. The minimum atomic E-state index is -0.0329. The molecule has 2 aliphatic heterocycles. The van der Waals surface area contributed by atoms with E-state index in [0.717, 1.165) is 35.1 Å². The molecule has 0 spiro atoms. The van der Waals surface area contributed by atoms with Crippen LogP contribution in [0, 0.1) is 13.8 Å². The first-order chi connectivity index (χ1) is 12.1. The third-order valence-electron chi connectivity index (χ3n) is 5.95. The summed E-state index contributed by atoms with van der Waals surface area (Å²) in [5, 5.41) is 7.15. The summed E-state index contributed by atoms with van der Waals surface area (Å²) in [6.07, 6.45) is 8.23. The van der Waals surface area contributed by atoms with Crippen LogP contribution in [0.4, 0.5) is 0 Å². The second-order valence-corrected chi connectivity index (χ2v) is 7.53. The molecule has 130 valence electrons. The molecule has 2 aromatic rings. The van der Waals surface area contributed by atoms with Crippen molar-refractivity contribution in [3.05, 3.63) is 65.0 Å². The molecule has 0 unspecified atom stereocenters. The lowest BCUT2D eigenvalue weighted by Gasteiger charge is -2.37. The first-order valence-corrected chi connectivity index (χ1v) is 9.14. The van der Waals surface area contributed by atoms with E-state index in [0.29, 0.717) is 6.04 Å². The molecule has 1 amide bonds. The number of carbonyl (C=O) groups is 1. The maximum Gasteiger partial charge on any atom is 0.252 e. The Morgan fingerprint density at radius 3 is 2.36 bits per heavy atom. The zero-order valence-corrected chi connectivity index (χ0v) is 14.9. The van der Waals surface area contributed by atoms with Gasteiger partial charge in [-0.2, -0.15) is 0 Å². The summed E-state index contributed by atoms with van der Waals surface area (Å²) >= 11 is 0. The minimum absolute atomic E-state index is 0.0175. The van der Waals surface area contributed by atoms with Gasteiger partial charge in [-0.05, 0) is 68.4 Å². The lowest BCUT2D eigenvalue weighted by atomic mass is 9.79. The standard InChI is InChI=1S/C21H25N3O/c1-14-4-3-5-15(2)18(14)20(25)23-19(16-8-12-22-13-9-16)21-10-6-17(24-21)7-11-21/h3-5,8-9,12-13,17,19,24H,6-7,10-11H2,1-2H3,(H,23,25)/t17?,19-,21?/m1/s1. The summed E-state index contributed by atoms with van der Waals surface area (Å²) in [5.41, 5.74) is 3.94. The first kappa shape index (κ1) is 16.3. The molecule has 2 bridgehead atoms. The number of amides is 1. The highest BCUT2D eigenvalue weighted by Gasteiger charge is 2.50. The quantitative estimate of drug-likeness (QED) is 0.900. The maximum absolute atomic E-state index is 13.1. The summed E-state index contributed by atoms with van der Waals surface area (Å²) in [6, 6.07) is 10.6. The van der Waals surface area contributed by atoms with Gasteiger partial charge in [-0.1, -0.05) is 18.2 Å².